The van der Waals surface area contributed by atoms with E-state index < -0.39 is 0 Å². The Morgan fingerprint density at radius 1 is 1.07 bits per heavy atom. The summed E-state index contributed by atoms with van der Waals surface area (Å²) in [7, 11) is 1.59. The number of nitrogens with one attached hydrogen (secondary N) is 2. The highest BCUT2D eigenvalue weighted by Crippen LogP contribution is 2.34. The first-order valence-electron chi connectivity index (χ1n) is 9.26. The number of benzene rings is 3. The molecule has 3 aromatic carbocycles. The number of aromatic nitrogens is 1. The molecule has 1 aromatic heterocycles. The van der Waals surface area contributed by atoms with Crippen LogP contribution in [0.3, 0.4) is 0 Å². The molecule has 4 aromatic rings. The first-order valence-corrected chi connectivity index (χ1v) is 10.5. The van der Waals surface area contributed by atoms with Gasteiger partial charge in [0.1, 0.15) is 10.8 Å². The van der Waals surface area contributed by atoms with Gasteiger partial charge in [0.25, 0.3) is 5.91 Å². The summed E-state index contributed by atoms with van der Waals surface area (Å²) in [5.41, 5.74) is 4.18. The lowest BCUT2D eigenvalue weighted by Crippen LogP contribution is -2.34. The largest absolute Gasteiger partial charge is 0.495 e. The third kappa shape index (κ3) is 4.32. The zero-order valence-corrected chi connectivity index (χ0v) is 18.1. The van der Waals surface area contributed by atoms with E-state index >= 15 is 0 Å². The number of methoxy groups -OCH3 is 1. The van der Waals surface area contributed by atoms with E-state index in [9.17, 15) is 4.79 Å². The fourth-order valence-electron chi connectivity index (χ4n) is 2.97. The van der Waals surface area contributed by atoms with E-state index in [4.69, 9.17) is 21.9 Å². The molecular formula is C23H19N3O2S2. The summed E-state index contributed by atoms with van der Waals surface area (Å²) in [4.78, 5) is 17.1. The van der Waals surface area contributed by atoms with Gasteiger partial charge in [-0.1, -0.05) is 29.8 Å². The quantitative estimate of drug-likeness (QED) is 0.422. The first kappa shape index (κ1) is 20.0. The number of anilines is 1. The summed E-state index contributed by atoms with van der Waals surface area (Å²) in [6.07, 6.45) is 0. The Morgan fingerprint density at radius 3 is 2.57 bits per heavy atom. The number of rotatable bonds is 4. The average Bonchev–Trinajstić information content (AvgIpc) is 3.18. The topological polar surface area (TPSA) is 63.2 Å². The van der Waals surface area contributed by atoms with E-state index in [0.29, 0.717) is 17.0 Å². The maximum atomic E-state index is 12.4. The molecule has 7 heteroatoms. The Morgan fingerprint density at radius 2 is 1.83 bits per heavy atom. The van der Waals surface area contributed by atoms with Crippen LogP contribution in [0.25, 0.3) is 20.8 Å². The fraction of sp³-hybridized carbons (Fsp3) is 0.0870. The van der Waals surface area contributed by atoms with Crippen molar-refractivity contribution in [2.24, 2.45) is 0 Å². The molecule has 0 fully saturated rings. The number of thiazole rings is 1. The van der Waals surface area contributed by atoms with Gasteiger partial charge in [0, 0.05) is 11.1 Å². The molecule has 5 nitrogen and oxygen atoms in total. The number of aryl methyl sites for hydroxylation is 1. The van der Waals surface area contributed by atoms with Crippen molar-refractivity contribution in [1.82, 2.24) is 10.3 Å². The Hall–Kier alpha value is -3.29. The van der Waals surface area contributed by atoms with Gasteiger partial charge in [0.2, 0.25) is 0 Å². The first-order chi connectivity index (χ1) is 14.5. The number of carbonyl (C=O) groups excluding carboxylic acids is 1. The second kappa shape index (κ2) is 8.61. The SMILES string of the molecule is COc1ccc(-c2nc3ccccc3s2)cc1NC(=S)NC(=O)c1ccc(C)cc1. The zero-order valence-electron chi connectivity index (χ0n) is 16.4. The van der Waals surface area contributed by atoms with Crippen LogP contribution in [-0.2, 0) is 0 Å². The van der Waals surface area contributed by atoms with Crippen LogP contribution in [0.2, 0.25) is 0 Å². The van der Waals surface area contributed by atoms with Crippen molar-refractivity contribution in [3.8, 4) is 16.3 Å². The van der Waals surface area contributed by atoms with Crippen LogP contribution in [0.5, 0.6) is 5.75 Å². The third-order valence-electron chi connectivity index (χ3n) is 4.53. The van der Waals surface area contributed by atoms with Crippen LogP contribution in [0, 0.1) is 6.92 Å². The summed E-state index contributed by atoms with van der Waals surface area (Å²) in [5, 5.41) is 6.87. The van der Waals surface area contributed by atoms with E-state index in [0.717, 1.165) is 26.4 Å². The van der Waals surface area contributed by atoms with Gasteiger partial charge in [0.05, 0.1) is 23.0 Å². The maximum absolute atomic E-state index is 12.4. The lowest BCUT2D eigenvalue weighted by atomic mass is 10.1. The molecule has 150 valence electrons. The molecule has 0 saturated carbocycles. The highest BCUT2D eigenvalue weighted by atomic mass is 32.1. The smallest absolute Gasteiger partial charge is 0.257 e. The molecule has 0 aliphatic carbocycles. The summed E-state index contributed by atoms with van der Waals surface area (Å²) in [5.74, 6) is 0.348. The third-order valence-corrected chi connectivity index (χ3v) is 5.82. The minimum atomic E-state index is -0.270. The van der Waals surface area contributed by atoms with Crippen LogP contribution in [0.4, 0.5) is 5.69 Å². The molecule has 0 aliphatic heterocycles. The molecule has 4 rings (SSSR count). The van der Waals surface area contributed by atoms with Crippen molar-refractivity contribution in [2.45, 2.75) is 6.92 Å². The number of ether oxygens (including phenoxy) is 1. The van der Waals surface area contributed by atoms with Crippen molar-refractivity contribution in [1.29, 1.82) is 0 Å². The molecule has 0 saturated heterocycles. The maximum Gasteiger partial charge on any atom is 0.257 e. The number of para-hydroxylation sites is 1. The lowest BCUT2D eigenvalue weighted by Gasteiger charge is -2.14. The molecule has 0 unspecified atom stereocenters. The number of carbonyl (C=O) groups is 1. The number of thiocarbonyl (C=S) groups is 1. The molecule has 0 atom stereocenters. The van der Waals surface area contributed by atoms with E-state index in [1.807, 2.05) is 55.5 Å². The number of hydrogen-bond acceptors (Lipinski definition) is 5. The van der Waals surface area contributed by atoms with Crippen molar-refractivity contribution in [2.75, 3.05) is 12.4 Å². The predicted octanol–water partition coefficient (Wildman–Crippen LogP) is 5.41. The Labute approximate surface area is 183 Å². The van der Waals surface area contributed by atoms with Crippen LogP contribution in [0.15, 0.2) is 66.7 Å². The normalized spacial score (nSPS) is 10.6. The number of fused-ring (bicyclic) bond motifs is 1. The lowest BCUT2D eigenvalue weighted by molar-refractivity contribution is 0.0977. The minimum Gasteiger partial charge on any atom is -0.495 e. The molecule has 0 radical (unpaired) electrons. The van der Waals surface area contributed by atoms with Crippen molar-refractivity contribution < 1.29 is 9.53 Å². The molecule has 0 aliphatic rings. The Balaban J connectivity index is 1.55. The fourth-order valence-corrected chi connectivity index (χ4v) is 4.13. The van der Waals surface area contributed by atoms with Crippen molar-refractivity contribution in [3.63, 3.8) is 0 Å². The molecule has 2 N–H and O–H groups in total. The standard InChI is InChI=1S/C23H19N3O2S2/c1-14-7-9-15(10-8-14)21(27)26-23(29)25-18-13-16(11-12-19(18)28-2)22-24-17-5-3-4-6-20(17)30-22/h3-13H,1-2H3,(H2,25,26,27,29). The molecule has 0 spiro atoms. The molecule has 0 bridgehead atoms. The van der Waals surface area contributed by atoms with E-state index in [2.05, 4.69) is 16.7 Å². The van der Waals surface area contributed by atoms with Gasteiger partial charge < -0.3 is 10.1 Å². The van der Waals surface area contributed by atoms with Gasteiger partial charge in [-0.3, -0.25) is 10.1 Å². The van der Waals surface area contributed by atoms with Gasteiger partial charge in [-0.25, -0.2) is 4.98 Å². The number of hydrogen-bond donors (Lipinski definition) is 2. The summed E-state index contributed by atoms with van der Waals surface area (Å²) < 4.78 is 6.57. The summed E-state index contributed by atoms with van der Waals surface area (Å²) in [6.45, 7) is 1.97. The average molecular weight is 434 g/mol. The molecular weight excluding hydrogens is 414 g/mol. The zero-order chi connectivity index (χ0) is 21.1. The minimum absolute atomic E-state index is 0.195. The van der Waals surface area contributed by atoms with Crippen LogP contribution < -0.4 is 15.4 Å². The molecule has 1 amide bonds. The number of nitrogens with zero attached hydrogens (tertiary/aromatic N) is 1. The van der Waals surface area contributed by atoms with Crippen molar-refractivity contribution >= 4 is 50.5 Å². The second-order valence-electron chi connectivity index (χ2n) is 6.68. The monoisotopic (exact) mass is 433 g/mol. The molecule has 30 heavy (non-hydrogen) atoms. The second-order valence-corrected chi connectivity index (χ2v) is 8.11. The molecule has 1 heterocycles. The Bertz CT molecular complexity index is 1200. The van der Waals surface area contributed by atoms with Crippen LogP contribution in [-0.4, -0.2) is 23.1 Å². The van der Waals surface area contributed by atoms with E-state index in [-0.39, 0.29) is 11.0 Å². The van der Waals surface area contributed by atoms with Crippen molar-refractivity contribution in [3.05, 3.63) is 77.9 Å². The van der Waals surface area contributed by atoms with Crippen LogP contribution in [0.1, 0.15) is 15.9 Å². The van der Waals surface area contributed by atoms with Gasteiger partial charge in [-0.15, -0.1) is 11.3 Å². The van der Waals surface area contributed by atoms with Gasteiger partial charge in [-0.05, 0) is 61.6 Å². The van der Waals surface area contributed by atoms with E-state index in [1.165, 1.54) is 0 Å². The predicted molar refractivity (Wildman–Crippen MR) is 126 cm³/mol. The highest BCUT2D eigenvalue weighted by molar-refractivity contribution is 7.80. The Kier molecular flexibility index (Phi) is 5.74. The van der Waals surface area contributed by atoms with Crippen LogP contribution >= 0.6 is 23.6 Å². The van der Waals surface area contributed by atoms with Gasteiger partial charge in [0.15, 0.2) is 5.11 Å². The highest BCUT2D eigenvalue weighted by Gasteiger charge is 2.13. The van der Waals surface area contributed by atoms with Gasteiger partial charge in [-0.2, -0.15) is 0 Å². The summed E-state index contributed by atoms with van der Waals surface area (Å²) >= 11 is 6.96. The van der Waals surface area contributed by atoms with E-state index in [1.54, 1.807) is 30.6 Å². The summed E-state index contributed by atoms with van der Waals surface area (Å²) in [6, 6.07) is 21.0. The van der Waals surface area contributed by atoms with Gasteiger partial charge >= 0.3 is 0 Å². The number of amides is 1.